The fraction of sp³-hybridized carbons (Fsp3) is 0.158. The number of aryl methyl sites for hydroxylation is 1. The molecule has 0 aliphatic heterocycles. The van der Waals surface area contributed by atoms with Crippen LogP contribution in [0.2, 0.25) is 0 Å². The molecule has 0 fully saturated rings. The van der Waals surface area contributed by atoms with Crippen molar-refractivity contribution in [2.45, 2.75) is 6.54 Å². The van der Waals surface area contributed by atoms with Crippen molar-refractivity contribution in [3.63, 3.8) is 0 Å². The summed E-state index contributed by atoms with van der Waals surface area (Å²) in [6, 6.07) is 13.3. The molecule has 0 saturated carbocycles. The summed E-state index contributed by atoms with van der Waals surface area (Å²) in [5.41, 5.74) is 2.95. The monoisotopic (exact) mass is 399 g/mol. The number of methoxy groups -OCH3 is 1. The van der Waals surface area contributed by atoms with Gasteiger partial charge in [-0.25, -0.2) is 0 Å². The average molecular weight is 400 g/mol. The van der Waals surface area contributed by atoms with Crippen LogP contribution in [0.15, 0.2) is 46.9 Å². The van der Waals surface area contributed by atoms with Crippen LogP contribution < -0.4 is 10.1 Å². The number of amides is 1. The van der Waals surface area contributed by atoms with Gasteiger partial charge in [-0.2, -0.15) is 0 Å². The molecular weight excluding hydrogens is 382 g/mol. The Morgan fingerprint density at radius 1 is 1.32 bits per heavy atom. The maximum atomic E-state index is 12.7. The first-order chi connectivity index (χ1) is 12.0. The molecule has 2 N–H and O–H groups in total. The number of benzene rings is 2. The second-order valence-electron chi connectivity index (χ2n) is 5.66. The number of carbonyl (C=O) groups excluding carboxylic acids is 1. The topological polar surface area (TPSA) is 67.1 Å². The summed E-state index contributed by atoms with van der Waals surface area (Å²) in [6.45, 7) is 0.388. The van der Waals surface area contributed by atoms with E-state index in [2.05, 4.69) is 21.2 Å². The van der Waals surface area contributed by atoms with Crippen molar-refractivity contribution >= 4 is 39.0 Å². The summed E-state index contributed by atoms with van der Waals surface area (Å²) in [5.74, 6) is 0.539. The predicted octanol–water partition coefficient (Wildman–Crippen LogP) is 3.88. The lowest BCUT2D eigenvalue weighted by molar-refractivity contribution is 0.0943. The van der Waals surface area contributed by atoms with Crippen molar-refractivity contribution in [3.8, 4) is 5.75 Å². The molecule has 25 heavy (non-hydrogen) atoms. The minimum absolute atomic E-state index is 0.212. The van der Waals surface area contributed by atoms with Gasteiger partial charge in [-0.05, 0) is 35.9 Å². The Morgan fingerprint density at radius 2 is 2.12 bits per heavy atom. The first kappa shape index (κ1) is 17.2. The summed E-state index contributed by atoms with van der Waals surface area (Å²) >= 11 is 3.44. The fourth-order valence-electron chi connectivity index (χ4n) is 2.91. The zero-order valence-corrected chi connectivity index (χ0v) is 15.6. The van der Waals surface area contributed by atoms with Crippen LogP contribution in [0.3, 0.4) is 0 Å². The third kappa shape index (κ3) is 3.30. The Labute approximate surface area is 154 Å². The van der Waals surface area contributed by atoms with Crippen LogP contribution in [0.5, 0.6) is 5.75 Å². The number of halogens is 1. The summed E-state index contributed by atoms with van der Waals surface area (Å²) in [4.78, 5) is 12.7. The molecule has 128 valence electrons. The van der Waals surface area contributed by atoms with E-state index in [9.17, 15) is 4.79 Å². The average Bonchev–Trinajstić information content (AvgIpc) is 2.91. The maximum absolute atomic E-state index is 12.7. The third-order valence-electron chi connectivity index (χ3n) is 4.15. The van der Waals surface area contributed by atoms with E-state index >= 15 is 0 Å². The van der Waals surface area contributed by atoms with Crippen LogP contribution in [0.1, 0.15) is 21.6 Å². The highest BCUT2D eigenvalue weighted by Gasteiger charge is 2.19. The van der Waals surface area contributed by atoms with Crippen molar-refractivity contribution < 1.29 is 9.53 Å². The molecule has 0 unspecified atom stereocenters. The zero-order valence-electron chi connectivity index (χ0n) is 14.0. The number of fused-ring (bicyclic) bond motifs is 1. The Bertz CT molecular complexity index is 963. The molecular formula is C19H18BrN3O2. The number of aromatic nitrogens is 1. The molecule has 0 spiro atoms. The number of ether oxygens (including phenoxy) is 1. The normalized spacial score (nSPS) is 10.7. The molecule has 5 nitrogen and oxygen atoms in total. The second-order valence-corrected chi connectivity index (χ2v) is 6.58. The molecule has 3 rings (SSSR count). The lowest BCUT2D eigenvalue weighted by Crippen LogP contribution is -2.26. The summed E-state index contributed by atoms with van der Waals surface area (Å²) in [6.07, 6.45) is 1.23. The van der Waals surface area contributed by atoms with E-state index in [0.29, 0.717) is 17.8 Å². The first-order valence-electron chi connectivity index (χ1n) is 7.74. The van der Waals surface area contributed by atoms with Gasteiger partial charge in [0.15, 0.2) is 0 Å². The van der Waals surface area contributed by atoms with Gasteiger partial charge in [0.05, 0.1) is 7.11 Å². The minimum atomic E-state index is -0.212. The molecule has 2 aromatic carbocycles. The van der Waals surface area contributed by atoms with E-state index in [1.807, 2.05) is 54.1 Å². The smallest absolute Gasteiger partial charge is 0.268 e. The van der Waals surface area contributed by atoms with Crippen molar-refractivity contribution in [2.24, 2.45) is 7.05 Å². The predicted molar refractivity (Wildman–Crippen MR) is 103 cm³/mol. The molecule has 1 amide bonds. The van der Waals surface area contributed by atoms with Crippen molar-refractivity contribution in [1.82, 2.24) is 9.88 Å². The van der Waals surface area contributed by atoms with Gasteiger partial charge in [0.25, 0.3) is 5.91 Å². The second kappa shape index (κ2) is 7.11. The minimum Gasteiger partial charge on any atom is -0.497 e. The molecule has 0 aliphatic carbocycles. The first-order valence-corrected chi connectivity index (χ1v) is 8.54. The molecule has 0 saturated heterocycles. The van der Waals surface area contributed by atoms with Crippen LogP contribution in [0, 0.1) is 5.41 Å². The molecule has 3 aromatic rings. The van der Waals surface area contributed by atoms with E-state index in [-0.39, 0.29) is 5.91 Å². The maximum Gasteiger partial charge on any atom is 0.268 e. The largest absolute Gasteiger partial charge is 0.497 e. The highest BCUT2D eigenvalue weighted by molar-refractivity contribution is 9.10. The summed E-state index contributed by atoms with van der Waals surface area (Å²) in [7, 11) is 3.45. The van der Waals surface area contributed by atoms with Crippen LogP contribution in [-0.4, -0.2) is 23.8 Å². The van der Waals surface area contributed by atoms with Gasteiger partial charge < -0.3 is 20.0 Å². The van der Waals surface area contributed by atoms with E-state index in [4.69, 9.17) is 10.1 Å². The van der Waals surface area contributed by atoms with Gasteiger partial charge in [0, 0.05) is 40.7 Å². The summed E-state index contributed by atoms with van der Waals surface area (Å²) < 4.78 is 7.94. The van der Waals surface area contributed by atoms with E-state index in [1.54, 1.807) is 7.11 Å². The van der Waals surface area contributed by atoms with Gasteiger partial charge in [-0.15, -0.1) is 0 Å². The SMILES string of the molecule is COc1cccc(CNC(=O)c2c(C=N)c3cc(Br)ccc3n2C)c1. The van der Waals surface area contributed by atoms with Crippen molar-refractivity contribution in [2.75, 3.05) is 7.11 Å². The number of nitrogens with zero attached hydrogens (tertiary/aromatic N) is 1. The molecule has 0 atom stereocenters. The summed E-state index contributed by atoms with van der Waals surface area (Å²) in [5, 5.41) is 11.5. The quantitative estimate of drug-likeness (QED) is 0.639. The Morgan fingerprint density at radius 3 is 2.84 bits per heavy atom. The van der Waals surface area contributed by atoms with E-state index in [1.165, 1.54) is 6.21 Å². The van der Waals surface area contributed by atoms with Crippen molar-refractivity contribution in [1.29, 1.82) is 5.41 Å². The Kier molecular flexibility index (Phi) is 4.90. The molecule has 0 aliphatic rings. The van der Waals surface area contributed by atoms with Gasteiger partial charge in [0.2, 0.25) is 0 Å². The van der Waals surface area contributed by atoms with Crippen LogP contribution >= 0.6 is 15.9 Å². The van der Waals surface area contributed by atoms with Gasteiger partial charge in [-0.1, -0.05) is 28.1 Å². The molecule has 1 heterocycles. The fourth-order valence-corrected chi connectivity index (χ4v) is 3.28. The van der Waals surface area contributed by atoms with Crippen molar-refractivity contribution in [3.05, 3.63) is 63.8 Å². The van der Waals surface area contributed by atoms with Crippen LogP contribution in [-0.2, 0) is 13.6 Å². The van der Waals surface area contributed by atoms with Crippen LogP contribution in [0.25, 0.3) is 10.9 Å². The number of hydrogen-bond acceptors (Lipinski definition) is 3. The number of hydrogen-bond donors (Lipinski definition) is 2. The number of rotatable bonds is 5. The Hall–Kier alpha value is -2.60. The Balaban J connectivity index is 1.91. The molecule has 0 bridgehead atoms. The zero-order chi connectivity index (χ0) is 18.0. The van der Waals surface area contributed by atoms with Crippen LogP contribution in [0.4, 0.5) is 0 Å². The van der Waals surface area contributed by atoms with Gasteiger partial charge >= 0.3 is 0 Å². The molecule has 1 aromatic heterocycles. The lowest BCUT2D eigenvalue weighted by Gasteiger charge is -2.09. The highest BCUT2D eigenvalue weighted by atomic mass is 79.9. The van der Waals surface area contributed by atoms with Gasteiger partial charge in [0.1, 0.15) is 11.4 Å². The van der Waals surface area contributed by atoms with Gasteiger partial charge in [-0.3, -0.25) is 4.79 Å². The highest BCUT2D eigenvalue weighted by Crippen LogP contribution is 2.27. The number of nitrogens with one attached hydrogen (secondary N) is 2. The lowest BCUT2D eigenvalue weighted by atomic mass is 10.1. The molecule has 0 radical (unpaired) electrons. The van der Waals surface area contributed by atoms with E-state index in [0.717, 1.165) is 26.7 Å². The standard InChI is InChI=1S/C19H18BrN3O2/c1-23-17-7-6-13(20)9-15(17)16(10-21)18(23)19(24)22-11-12-4-3-5-14(8-12)25-2/h3-10,21H,11H2,1-2H3,(H,22,24). The third-order valence-corrected chi connectivity index (χ3v) is 4.64. The number of carbonyl (C=O) groups is 1. The van der Waals surface area contributed by atoms with E-state index < -0.39 is 0 Å². The molecule has 6 heteroatoms.